The van der Waals surface area contributed by atoms with Crippen molar-refractivity contribution in [1.29, 1.82) is 0 Å². The van der Waals surface area contributed by atoms with E-state index in [0.717, 1.165) is 19.4 Å². The number of allylic oxidation sites excluding steroid dienone is 3. The highest BCUT2D eigenvalue weighted by molar-refractivity contribution is 6.21. The van der Waals surface area contributed by atoms with E-state index < -0.39 is 0 Å². The van der Waals surface area contributed by atoms with Gasteiger partial charge in [0.15, 0.2) is 0 Å². The van der Waals surface area contributed by atoms with Crippen molar-refractivity contribution in [3.05, 3.63) is 161 Å². The highest BCUT2D eigenvalue weighted by Crippen LogP contribution is 2.45. The van der Waals surface area contributed by atoms with E-state index in [4.69, 9.17) is 0 Å². The number of hydrogen-bond donors (Lipinski definition) is 1. The molecule has 0 spiro atoms. The lowest BCUT2D eigenvalue weighted by atomic mass is 9.83. The SMILES string of the molecule is Cc1ccccc1-c1c2ccccc2c(-c2ccc3c(c2)CCC(c2ccc(C4=CCNC=C4)cc2)=C3)c2ccccc12. The summed E-state index contributed by atoms with van der Waals surface area (Å²) in [6.07, 6.45) is 10.9. The third-order valence-corrected chi connectivity index (χ3v) is 9.18. The Morgan fingerprint density at radius 1 is 0.581 bits per heavy atom. The molecular formula is C42H33N. The Labute approximate surface area is 253 Å². The summed E-state index contributed by atoms with van der Waals surface area (Å²) >= 11 is 0. The number of rotatable bonds is 4. The summed E-state index contributed by atoms with van der Waals surface area (Å²) in [4.78, 5) is 0. The van der Waals surface area contributed by atoms with E-state index in [0.29, 0.717) is 0 Å². The molecule has 1 N–H and O–H groups in total. The van der Waals surface area contributed by atoms with Crippen LogP contribution in [0.1, 0.15) is 34.2 Å². The molecule has 0 unspecified atom stereocenters. The number of benzene rings is 6. The van der Waals surface area contributed by atoms with Crippen molar-refractivity contribution in [2.24, 2.45) is 0 Å². The molecule has 0 amide bonds. The van der Waals surface area contributed by atoms with Gasteiger partial charge in [-0.2, -0.15) is 0 Å². The molecule has 0 atom stereocenters. The molecule has 1 aliphatic carbocycles. The minimum absolute atomic E-state index is 0.889. The molecule has 1 heteroatoms. The fourth-order valence-electron chi connectivity index (χ4n) is 7.00. The summed E-state index contributed by atoms with van der Waals surface area (Å²) < 4.78 is 0. The molecule has 8 rings (SSSR count). The van der Waals surface area contributed by atoms with Crippen LogP contribution in [-0.4, -0.2) is 6.54 Å². The van der Waals surface area contributed by atoms with E-state index in [1.54, 1.807) is 0 Å². The zero-order valence-electron chi connectivity index (χ0n) is 24.4. The minimum atomic E-state index is 0.889. The van der Waals surface area contributed by atoms with Crippen LogP contribution in [0.25, 0.3) is 61.0 Å². The topological polar surface area (TPSA) is 12.0 Å². The number of nitrogens with one attached hydrogen (secondary N) is 1. The molecule has 1 aliphatic heterocycles. The van der Waals surface area contributed by atoms with Crippen molar-refractivity contribution in [2.75, 3.05) is 6.54 Å². The van der Waals surface area contributed by atoms with Gasteiger partial charge in [0.2, 0.25) is 0 Å². The first-order valence-electron chi connectivity index (χ1n) is 15.3. The predicted octanol–water partition coefficient (Wildman–Crippen LogP) is 10.6. The van der Waals surface area contributed by atoms with E-state index in [1.807, 2.05) is 6.20 Å². The first-order valence-corrected chi connectivity index (χ1v) is 15.3. The molecule has 0 bridgehead atoms. The maximum Gasteiger partial charge on any atom is 0.0334 e. The second-order valence-corrected chi connectivity index (χ2v) is 11.7. The van der Waals surface area contributed by atoms with Crippen LogP contribution >= 0.6 is 0 Å². The van der Waals surface area contributed by atoms with Gasteiger partial charge >= 0.3 is 0 Å². The molecule has 6 aromatic rings. The van der Waals surface area contributed by atoms with E-state index in [9.17, 15) is 0 Å². The molecule has 0 saturated heterocycles. The third-order valence-electron chi connectivity index (χ3n) is 9.18. The van der Waals surface area contributed by atoms with Gasteiger partial charge in [-0.25, -0.2) is 0 Å². The Morgan fingerprint density at radius 2 is 1.21 bits per heavy atom. The van der Waals surface area contributed by atoms with Gasteiger partial charge in [0, 0.05) is 6.54 Å². The average Bonchev–Trinajstić information content (AvgIpc) is 3.07. The first-order chi connectivity index (χ1) is 21.2. The molecule has 0 saturated carbocycles. The second kappa shape index (κ2) is 10.6. The monoisotopic (exact) mass is 551 g/mol. The van der Waals surface area contributed by atoms with Crippen LogP contribution in [0, 0.1) is 6.92 Å². The molecule has 1 heterocycles. The van der Waals surface area contributed by atoms with Gasteiger partial charge in [0.1, 0.15) is 0 Å². The summed E-state index contributed by atoms with van der Waals surface area (Å²) in [6, 6.07) is 42.9. The van der Waals surface area contributed by atoms with Crippen molar-refractivity contribution >= 4 is 38.8 Å². The van der Waals surface area contributed by atoms with Gasteiger partial charge in [0.25, 0.3) is 0 Å². The van der Waals surface area contributed by atoms with Crippen molar-refractivity contribution in [3.8, 4) is 22.3 Å². The summed E-state index contributed by atoms with van der Waals surface area (Å²) in [5.41, 5.74) is 14.6. The lowest BCUT2D eigenvalue weighted by molar-refractivity contribution is 0.975. The smallest absolute Gasteiger partial charge is 0.0334 e. The van der Waals surface area contributed by atoms with Gasteiger partial charge in [-0.1, -0.05) is 127 Å². The van der Waals surface area contributed by atoms with Gasteiger partial charge in [-0.3, -0.25) is 0 Å². The van der Waals surface area contributed by atoms with Crippen LogP contribution in [0.4, 0.5) is 0 Å². The molecule has 0 aromatic heterocycles. The van der Waals surface area contributed by atoms with E-state index in [-0.39, 0.29) is 0 Å². The fourth-order valence-corrected chi connectivity index (χ4v) is 7.00. The molecule has 0 fully saturated rings. The lowest BCUT2D eigenvalue weighted by Gasteiger charge is -2.21. The Balaban J connectivity index is 1.22. The van der Waals surface area contributed by atoms with Crippen LogP contribution in [0.15, 0.2) is 134 Å². The molecular weight excluding hydrogens is 518 g/mol. The quantitative estimate of drug-likeness (QED) is 0.215. The minimum Gasteiger partial charge on any atom is -0.387 e. The van der Waals surface area contributed by atoms with Crippen molar-refractivity contribution in [1.82, 2.24) is 5.32 Å². The second-order valence-electron chi connectivity index (χ2n) is 11.7. The summed E-state index contributed by atoms with van der Waals surface area (Å²) in [6.45, 7) is 3.11. The molecule has 6 aromatic carbocycles. The zero-order chi connectivity index (χ0) is 28.8. The molecule has 2 aliphatic rings. The largest absolute Gasteiger partial charge is 0.387 e. The Bertz CT molecular complexity index is 2060. The summed E-state index contributed by atoms with van der Waals surface area (Å²) in [5, 5.41) is 8.47. The maximum absolute atomic E-state index is 3.23. The fraction of sp³-hybridized carbons (Fsp3) is 0.0952. The van der Waals surface area contributed by atoms with Crippen LogP contribution in [0.5, 0.6) is 0 Å². The Kier molecular flexibility index (Phi) is 6.30. The van der Waals surface area contributed by atoms with Gasteiger partial charge in [-0.05, 0) is 115 Å². The van der Waals surface area contributed by atoms with Crippen molar-refractivity contribution in [3.63, 3.8) is 0 Å². The first kappa shape index (κ1) is 25.6. The number of dihydropyridines is 1. The van der Waals surface area contributed by atoms with E-state index >= 15 is 0 Å². The molecule has 0 radical (unpaired) electrons. The van der Waals surface area contributed by atoms with Crippen LogP contribution in [-0.2, 0) is 6.42 Å². The summed E-state index contributed by atoms with van der Waals surface area (Å²) in [5.74, 6) is 0. The van der Waals surface area contributed by atoms with Crippen LogP contribution < -0.4 is 5.32 Å². The van der Waals surface area contributed by atoms with E-state index in [1.165, 1.54) is 82.8 Å². The normalized spacial score (nSPS) is 14.3. The van der Waals surface area contributed by atoms with Crippen molar-refractivity contribution < 1.29 is 0 Å². The van der Waals surface area contributed by atoms with E-state index in [2.05, 4.69) is 146 Å². The molecule has 206 valence electrons. The van der Waals surface area contributed by atoms with Gasteiger partial charge in [0.05, 0.1) is 0 Å². The Hall–Kier alpha value is -5.14. The van der Waals surface area contributed by atoms with Crippen molar-refractivity contribution in [2.45, 2.75) is 19.8 Å². The van der Waals surface area contributed by atoms with Crippen LogP contribution in [0.2, 0.25) is 0 Å². The van der Waals surface area contributed by atoms with Crippen LogP contribution in [0.3, 0.4) is 0 Å². The Morgan fingerprint density at radius 3 is 1.88 bits per heavy atom. The number of fused-ring (bicyclic) bond motifs is 3. The average molecular weight is 552 g/mol. The standard InChI is InChI=1S/C42H33N/c1-28-8-2-3-9-36(28)42-39-12-6-4-10-37(39)41(38-11-5-7-13-40(38)42)35-21-20-33-26-32(18-19-34(33)27-35)30-16-14-29(15-17-30)31-22-24-43-25-23-31/h2-17,20-24,26-27,43H,18-19,25H2,1H3. The lowest BCUT2D eigenvalue weighted by Crippen LogP contribution is -2.08. The molecule has 1 nitrogen and oxygen atoms in total. The zero-order valence-corrected chi connectivity index (χ0v) is 24.4. The highest BCUT2D eigenvalue weighted by atomic mass is 14.8. The number of hydrogen-bond acceptors (Lipinski definition) is 1. The maximum atomic E-state index is 3.23. The summed E-state index contributed by atoms with van der Waals surface area (Å²) in [7, 11) is 0. The van der Waals surface area contributed by atoms with Gasteiger partial charge in [-0.15, -0.1) is 0 Å². The highest BCUT2D eigenvalue weighted by Gasteiger charge is 2.19. The third kappa shape index (κ3) is 4.49. The van der Waals surface area contributed by atoms with Gasteiger partial charge < -0.3 is 5.32 Å². The molecule has 43 heavy (non-hydrogen) atoms. The number of aryl methyl sites for hydroxylation is 2. The predicted molar refractivity (Wildman–Crippen MR) is 185 cm³/mol.